The molecule has 0 N–H and O–H groups in total. The number of hydrogen-bond donors (Lipinski definition) is 0. The Labute approximate surface area is 153 Å². The third-order valence-corrected chi connectivity index (χ3v) is 5.17. The standard InChI is InChI=1S/C19H23N5O2/c1-23(13-15-5-2-3-7-20-15)18(25)14-11-17-16(6-10-26-17)24(12-14)19-21-8-4-9-22-19/h2-5,7-9,14,16-17H,6,10-13H2,1H3/t14-,16+,17+/m0/s1. The van der Waals surface area contributed by atoms with Gasteiger partial charge in [-0.25, -0.2) is 9.97 Å². The number of piperidine rings is 1. The molecule has 0 saturated carbocycles. The summed E-state index contributed by atoms with van der Waals surface area (Å²) in [5, 5.41) is 0. The van der Waals surface area contributed by atoms with Crippen molar-refractivity contribution >= 4 is 11.9 Å². The van der Waals surface area contributed by atoms with E-state index in [4.69, 9.17) is 4.74 Å². The predicted molar refractivity (Wildman–Crippen MR) is 96.3 cm³/mol. The number of carbonyl (C=O) groups is 1. The van der Waals surface area contributed by atoms with E-state index < -0.39 is 0 Å². The van der Waals surface area contributed by atoms with Crippen LogP contribution in [0.4, 0.5) is 5.95 Å². The molecule has 0 spiro atoms. The van der Waals surface area contributed by atoms with E-state index in [1.54, 1.807) is 29.6 Å². The number of ether oxygens (including phenoxy) is 1. The van der Waals surface area contributed by atoms with Gasteiger partial charge in [-0.1, -0.05) is 6.07 Å². The van der Waals surface area contributed by atoms with Crippen LogP contribution in [0.3, 0.4) is 0 Å². The molecule has 4 rings (SSSR count). The summed E-state index contributed by atoms with van der Waals surface area (Å²) in [6.07, 6.45) is 6.99. The molecule has 136 valence electrons. The van der Waals surface area contributed by atoms with Crippen molar-refractivity contribution in [3.05, 3.63) is 48.5 Å². The molecule has 2 aliphatic rings. The predicted octanol–water partition coefficient (Wildman–Crippen LogP) is 1.51. The van der Waals surface area contributed by atoms with E-state index in [1.807, 2.05) is 25.2 Å². The smallest absolute Gasteiger partial charge is 0.227 e. The van der Waals surface area contributed by atoms with E-state index >= 15 is 0 Å². The highest BCUT2D eigenvalue weighted by Gasteiger charge is 2.43. The molecule has 3 atom stereocenters. The number of amides is 1. The lowest BCUT2D eigenvalue weighted by Gasteiger charge is -2.41. The van der Waals surface area contributed by atoms with Gasteiger partial charge >= 0.3 is 0 Å². The molecule has 0 aromatic carbocycles. The largest absolute Gasteiger partial charge is 0.376 e. The van der Waals surface area contributed by atoms with Gasteiger partial charge < -0.3 is 14.5 Å². The van der Waals surface area contributed by atoms with Crippen molar-refractivity contribution < 1.29 is 9.53 Å². The molecule has 4 heterocycles. The summed E-state index contributed by atoms with van der Waals surface area (Å²) < 4.78 is 5.91. The zero-order valence-electron chi connectivity index (χ0n) is 14.9. The van der Waals surface area contributed by atoms with E-state index in [9.17, 15) is 4.79 Å². The summed E-state index contributed by atoms with van der Waals surface area (Å²) in [4.78, 5) is 30.1. The Morgan fingerprint density at radius 2 is 2.04 bits per heavy atom. The molecule has 0 unspecified atom stereocenters. The Hall–Kier alpha value is -2.54. The van der Waals surface area contributed by atoms with Crippen LogP contribution in [-0.2, 0) is 16.1 Å². The van der Waals surface area contributed by atoms with Gasteiger partial charge in [0.15, 0.2) is 0 Å². The maximum Gasteiger partial charge on any atom is 0.227 e. The molecule has 2 aromatic rings. The van der Waals surface area contributed by atoms with Crippen LogP contribution in [0.2, 0.25) is 0 Å². The van der Waals surface area contributed by atoms with Crippen LogP contribution in [0.1, 0.15) is 18.5 Å². The lowest BCUT2D eigenvalue weighted by molar-refractivity contribution is -0.136. The molecule has 7 nitrogen and oxygen atoms in total. The molecule has 0 radical (unpaired) electrons. The lowest BCUT2D eigenvalue weighted by Crippen LogP contribution is -2.53. The van der Waals surface area contributed by atoms with Gasteiger partial charge in [-0.2, -0.15) is 0 Å². The van der Waals surface area contributed by atoms with Crippen LogP contribution in [0.15, 0.2) is 42.9 Å². The maximum absolute atomic E-state index is 13.0. The minimum absolute atomic E-state index is 0.0600. The number of hydrogen-bond acceptors (Lipinski definition) is 6. The first-order valence-electron chi connectivity index (χ1n) is 9.02. The van der Waals surface area contributed by atoms with E-state index in [1.165, 1.54) is 0 Å². The first-order chi connectivity index (χ1) is 12.7. The van der Waals surface area contributed by atoms with Gasteiger partial charge in [-0.3, -0.25) is 9.78 Å². The Balaban J connectivity index is 1.50. The number of pyridine rings is 1. The van der Waals surface area contributed by atoms with E-state index in [2.05, 4.69) is 19.9 Å². The molecule has 2 fully saturated rings. The summed E-state index contributed by atoms with van der Waals surface area (Å²) in [7, 11) is 1.84. The Morgan fingerprint density at radius 3 is 2.81 bits per heavy atom. The number of carbonyl (C=O) groups excluding carboxylic acids is 1. The van der Waals surface area contributed by atoms with Crippen LogP contribution in [0, 0.1) is 5.92 Å². The minimum atomic E-state index is -0.133. The van der Waals surface area contributed by atoms with Crippen molar-refractivity contribution in [1.29, 1.82) is 0 Å². The van der Waals surface area contributed by atoms with Crippen molar-refractivity contribution in [1.82, 2.24) is 19.9 Å². The quantitative estimate of drug-likeness (QED) is 0.830. The van der Waals surface area contributed by atoms with Crippen molar-refractivity contribution in [3.8, 4) is 0 Å². The van der Waals surface area contributed by atoms with Gasteiger partial charge in [0.25, 0.3) is 0 Å². The fourth-order valence-corrected chi connectivity index (χ4v) is 3.92. The highest BCUT2D eigenvalue weighted by Crippen LogP contribution is 2.33. The third kappa shape index (κ3) is 3.39. The third-order valence-electron chi connectivity index (χ3n) is 5.17. The fraction of sp³-hybridized carbons (Fsp3) is 0.474. The lowest BCUT2D eigenvalue weighted by atomic mass is 9.89. The van der Waals surface area contributed by atoms with Crippen LogP contribution in [0.25, 0.3) is 0 Å². The van der Waals surface area contributed by atoms with Crippen molar-refractivity contribution in [2.24, 2.45) is 5.92 Å². The van der Waals surface area contributed by atoms with Crippen molar-refractivity contribution in [3.63, 3.8) is 0 Å². The summed E-state index contributed by atoms with van der Waals surface area (Å²) in [5.74, 6) is 0.662. The minimum Gasteiger partial charge on any atom is -0.376 e. The number of rotatable bonds is 4. The summed E-state index contributed by atoms with van der Waals surface area (Å²) in [5.41, 5.74) is 0.886. The Kier molecular flexibility index (Phi) is 4.79. The second-order valence-electron chi connectivity index (χ2n) is 6.91. The molecule has 2 saturated heterocycles. The van der Waals surface area contributed by atoms with E-state index in [0.29, 0.717) is 19.0 Å². The molecule has 7 heteroatoms. The van der Waals surface area contributed by atoms with Crippen molar-refractivity contribution in [2.75, 3.05) is 25.1 Å². The Morgan fingerprint density at radius 1 is 1.23 bits per heavy atom. The van der Waals surface area contributed by atoms with E-state index in [0.717, 1.165) is 25.1 Å². The molecule has 2 aromatic heterocycles. The highest BCUT2D eigenvalue weighted by atomic mass is 16.5. The second-order valence-corrected chi connectivity index (χ2v) is 6.91. The summed E-state index contributed by atoms with van der Waals surface area (Å²) in [6.45, 7) is 1.86. The molecule has 0 aliphatic carbocycles. The number of anilines is 1. The molecule has 2 aliphatic heterocycles. The molecule has 1 amide bonds. The average molecular weight is 353 g/mol. The van der Waals surface area contributed by atoms with Gasteiger partial charge in [0.05, 0.1) is 30.3 Å². The van der Waals surface area contributed by atoms with Crippen LogP contribution >= 0.6 is 0 Å². The van der Waals surface area contributed by atoms with Crippen LogP contribution < -0.4 is 4.90 Å². The van der Waals surface area contributed by atoms with Crippen molar-refractivity contribution in [2.45, 2.75) is 31.5 Å². The molecule has 26 heavy (non-hydrogen) atoms. The fourth-order valence-electron chi connectivity index (χ4n) is 3.92. The second kappa shape index (κ2) is 7.37. The maximum atomic E-state index is 13.0. The van der Waals surface area contributed by atoms with Gasteiger partial charge in [0.2, 0.25) is 11.9 Å². The van der Waals surface area contributed by atoms with Gasteiger partial charge in [-0.05, 0) is 31.0 Å². The topological polar surface area (TPSA) is 71.5 Å². The Bertz CT molecular complexity index is 742. The number of fused-ring (bicyclic) bond motifs is 1. The molecule has 0 bridgehead atoms. The number of aromatic nitrogens is 3. The zero-order chi connectivity index (χ0) is 17.9. The molecular weight excluding hydrogens is 330 g/mol. The van der Waals surface area contributed by atoms with Gasteiger partial charge in [0.1, 0.15) is 0 Å². The van der Waals surface area contributed by atoms with Gasteiger partial charge in [0, 0.05) is 38.8 Å². The van der Waals surface area contributed by atoms with E-state index in [-0.39, 0.29) is 24.0 Å². The summed E-state index contributed by atoms with van der Waals surface area (Å²) >= 11 is 0. The normalized spacial score (nSPS) is 25.0. The first-order valence-corrected chi connectivity index (χ1v) is 9.02. The average Bonchev–Trinajstić information content (AvgIpc) is 3.16. The SMILES string of the molecule is CN(Cc1ccccn1)C(=O)[C@H]1C[C@H]2OCC[C@H]2N(c2ncccn2)C1. The number of nitrogens with zero attached hydrogens (tertiary/aromatic N) is 5. The zero-order valence-corrected chi connectivity index (χ0v) is 14.9. The highest BCUT2D eigenvalue weighted by molar-refractivity contribution is 5.79. The van der Waals surface area contributed by atoms with Crippen LogP contribution in [-0.4, -0.2) is 58.1 Å². The van der Waals surface area contributed by atoms with Gasteiger partial charge in [-0.15, -0.1) is 0 Å². The first kappa shape index (κ1) is 16.9. The monoisotopic (exact) mass is 353 g/mol. The van der Waals surface area contributed by atoms with Crippen LogP contribution in [0.5, 0.6) is 0 Å². The summed E-state index contributed by atoms with van der Waals surface area (Å²) in [6, 6.07) is 7.81. The molecular formula is C19H23N5O2.